The molecule has 2 unspecified atom stereocenters. The van der Waals surface area contributed by atoms with E-state index in [2.05, 4.69) is 6.92 Å². The van der Waals surface area contributed by atoms with Crippen LogP contribution in [0.5, 0.6) is 5.75 Å². The number of amides is 1. The molecule has 20 heavy (non-hydrogen) atoms. The third-order valence-corrected chi connectivity index (χ3v) is 4.44. The number of nitrogens with two attached hydrogens (primary N) is 1. The van der Waals surface area contributed by atoms with Crippen molar-refractivity contribution < 1.29 is 9.90 Å². The molecule has 0 bridgehead atoms. The average Bonchev–Trinajstić information content (AvgIpc) is 2.48. The molecule has 0 aromatic heterocycles. The highest BCUT2D eigenvalue weighted by Gasteiger charge is 2.31. The SMILES string of the molecule is CCC1CCN(C(=O)c2cc(O)ccc2Cl)C(CN)C1. The highest BCUT2D eigenvalue weighted by atomic mass is 35.5. The number of carbonyl (C=O) groups is 1. The lowest BCUT2D eigenvalue weighted by Gasteiger charge is -2.39. The minimum absolute atomic E-state index is 0.0468. The summed E-state index contributed by atoms with van der Waals surface area (Å²) in [7, 11) is 0. The molecule has 5 heteroatoms. The predicted molar refractivity (Wildman–Crippen MR) is 80.0 cm³/mol. The number of rotatable bonds is 3. The topological polar surface area (TPSA) is 66.6 Å². The van der Waals surface area contributed by atoms with Gasteiger partial charge >= 0.3 is 0 Å². The average molecular weight is 297 g/mol. The van der Waals surface area contributed by atoms with Crippen LogP contribution >= 0.6 is 11.6 Å². The van der Waals surface area contributed by atoms with E-state index >= 15 is 0 Å². The molecule has 3 N–H and O–H groups in total. The largest absolute Gasteiger partial charge is 0.508 e. The first-order valence-corrected chi connectivity index (χ1v) is 7.44. The van der Waals surface area contributed by atoms with Gasteiger partial charge in [-0.3, -0.25) is 4.79 Å². The number of carbonyl (C=O) groups excluding carboxylic acids is 1. The number of halogens is 1. The van der Waals surface area contributed by atoms with Gasteiger partial charge in [-0.25, -0.2) is 0 Å². The molecule has 1 heterocycles. The Labute approximate surface area is 124 Å². The lowest BCUT2D eigenvalue weighted by Crippen LogP contribution is -2.49. The van der Waals surface area contributed by atoms with Gasteiger partial charge in [-0.1, -0.05) is 24.9 Å². The van der Waals surface area contributed by atoms with E-state index in [9.17, 15) is 9.90 Å². The summed E-state index contributed by atoms with van der Waals surface area (Å²) in [6, 6.07) is 4.49. The van der Waals surface area contributed by atoms with Crippen molar-refractivity contribution in [3.8, 4) is 5.75 Å². The molecule has 0 aliphatic carbocycles. The molecule has 4 nitrogen and oxygen atoms in total. The fourth-order valence-corrected chi connectivity index (χ4v) is 3.03. The van der Waals surface area contributed by atoms with Gasteiger partial charge < -0.3 is 15.7 Å². The quantitative estimate of drug-likeness (QED) is 0.901. The lowest BCUT2D eigenvalue weighted by atomic mass is 9.88. The summed E-state index contributed by atoms with van der Waals surface area (Å²) in [4.78, 5) is 14.4. The van der Waals surface area contributed by atoms with E-state index in [4.69, 9.17) is 17.3 Å². The summed E-state index contributed by atoms with van der Waals surface area (Å²) in [5.41, 5.74) is 6.17. The van der Waals surface area contributed by atoms with Crippen molar-refractivity contribution in [1.29, 1.82) is 0 Å². The van der Waals surface area contributed by atoms with Gasteiger partial charge in [-0.05, 0) is 37.0 Å². The zero-order valence-corrected chi connectivity index (χ0v) is 12.4. The van der Waals surface area contributed by atoms with Gasteiger partial charge in [-0.2, -0.15) is 0 Å². The van der Waals surface area contributed by atoms with E-state index in [-0.39, 0.29) is 17.7 Å². The van der Waals surface area contributed by atoms with Crippen LogP contribution in [0.4, 0.5) is 0 Å². The van der Waals surface area contributed by atoms with Gasteiger partial charge in [0.15, 0.2) is 0 Å². The minimum atomic E-state index is -0.143. The Hall–Kier alpha value is -1.26. The van der Waals surface area contributed by atoms with Gasteiger partial charge in [0.2, 0.25) is 0 Å². The summed E-state index contributed by atoms with van der Waals surface area (Å²) in [6.45, 7) is 3.33. The number of nitrogens with zero attached hydrogens (tertiary/aromatic N) is 1. The Morgan fingerprint density at radius 1 is 1.55 bits per heavy atom. The molecule has 2 atom stereocenters. The standard InChI is InChI=1S/C15H21ClN2O2/c1-2-10-5-6-18(11(7-10)9-17)15(20)13-8-12(19)3-4-14(13)16/h3-4,8,10-11,19H,2,5-7,9,17H2,1H3. The van der Waals surface area contributed by atoms with Gasteiger partial charge in [0.05, 0.1) is 10.6 Å². The molecule has 1 fully saturated rings. The molecule has 1 saturated heterocycles. The van der Waals surface area contributed by atoms with Crippen molar-refractivity contribution in [1.82, 2.24) is 4.90 Å². The van der Waals surface area contributed by atoms with Crippen LogP contribution in [0.1, 0.15) is 36.5 Å². The minimum Gasteiger partial charge on any atom is -0.508 e. The van der Waals surface area contributed by atoms with Crippen molar-refractivity contribution in [3.05, 3.63) is 28.8 Å². The maximum Gasteiger partial charge on any atom is 0.255 e. The second-order valence-electron chi connectivity index (χ2n) is 5.35. The second kappa shape index (κ2) is 6.46. The molecule has 1 amide bonds. The maximum absolute atomic E-state index is 12.6. The van der Waals surface area contributed by atoms with E-state index < -0.39 is 0 Å². The van der Waals surface area contributed by atoms with Crippen molar-refractivity contribution >= 4 is 17.5 Å². The highest BCUT2D eigenvalue weighted by Crippen LogP contribution is 2.29. The number of hydrogen-bond acceptors (Lipinski definition) is 3. The van der Waals surface area contributed by atoms with Crippen LogP contribution in [0.25, 0.3) is 0 Å². The number of likely N-dealkylation sites (tertiary alicyclic amines) is 1. The van der Waals surface area contributed by atoms with Crippen molar-refractivity contribution in [2.45, 2.75) is 32.2 Å². The molecule has 1 aliphatic heterocycles. The molecule has 1 aliphatic rings. The van der Waals surface area contributed by atoms with Crippen LogP contribution < -0.4 is 5.73 Å². The fraction of sp³-hybridized carbons (Fsp3) is 0.533. The Morgan fingerprint density at radius 2 is 2.30 bits per heavy atom. The summed E-state index contributed by atoms with van der Waals surface area (Å²) < 4.78 is 0. The zero-order valence-electron chi connectivity index (χ0n) is 11.7. The molecule has 0 spiro atoms. The highest BCUT2D eigenvalue weighted by molar-refractivity contribution is 6.33. The van der Waals surface area contributed by atoms with Crippen molar-refractivity contribution in [2.75, 3.05) is 13.1 Å². The first-order valence-electron chi connectivity index (χ1n) is 7.06. The number of phenolic OH excluding ortho intramolecular Hbond substituents is 1. The number of hydrogen-bond donors (Lipinski definition) is 2. The Bertz CT molecular complexity index is 493. The summed E-state index contributed by atoms with van der Waals surface area (Å²) in [6.07, 6.45) is 3.05. The number of piperidine rings is 1. The number of benzene rings is 1. The molecule has 110 valence electrons. The van der Waals surface area contributed by atoms with E-state index in [1.807, 2.05) is 0 Å². The first kappa shape index (κ1) is 15.1. The number of aromatic hydroxyl groups is 1. The van der Waals surface area contributed by atoms with E-state index in [1.165, 1.54) is 12.1 Å². The molecule has 2 rings (SSSR count). The third-order valence-electron chi connectivity index (χ3n) is 4.12. The van der Waals surface area contributed by atoms with Crippen LogP contribution in [0.2, 0.25) is 5.02 Å². The Kier molecular flexibility index (Phi) is 4.89. The van der Waals surface area contributed by atoms with Crippen LogP contribution in [-0.4, -0.2) is 35.0 Å². The second-order valence-corrected chi connectivity index (χ2v) is 5.76. The molecule has 1 aromatic carbocycles. The summed E-state index contributed by atoms with van der Waals surface area (Å²) >= 11 is 6.07. The fourth-order valence-electron chi connectivity index (χ4n) is 2.83. The smallest absolute Gasteiger partial charge is 0.255 e. The Morgan fingerprint density at radius 3 is 2.95 bits per heavy atom. The van der Waals surface area contributed by atoms with Gasteiger partial charge in [0, 0.05) is 19.1 Å². The summed E-state index contributed by atoms with van der Waals surface area (Å²) in [5.74, 6) is 0.536. The molecule has 1 aromatic rings. The maximum atomic E-state index is 12.6. The van der Waals surface area contributed by atoms with Crippen LogP contribution in [-0.2, 0) is 0 Å². The monoisotopic (exact) mass is 296 g/mol. The third kappa shape index (κ3) is 3.07. The van der Waals surface area contributed by atoms with Crippen LogP contribution in [0, 0.1) is 5.92 Å². The van der Waals surface area contributed by atoms with Crippen molar-refractivity contribution in [2.24, 2.45) is 11.7 Å². The van der Waals surface area contributed by atoms with E-state index in [1.54, 1.807) is 11.0 Å². The van der Waals surface area contributed by atoms with Crippen LogP contribution in [0.3, 0.4) is 0 Å². The van der Waals surface area contributed by atoms with E-state index in [0.29, 0.717) is 29.6 Å². The van der Waals surface area contributed by atoms with Crippen LogP contribution in [0.15, 0.2) is 18.2 Å². The Balaban J connectivity index is 2.21. The zero-order chi connectivity index (χ0) is 14.7. The predicted octanol–water partition coefficient (Wildman–Crippen LogP) is 2.64. The molecular formula is C15H21ClN2O2. The lowest BCUT2D eigenvalue weighted by molar-refractivity contribution is 0.0558. The molecule has 0 radical (unpaired) electrons. The van der Waals surface area contributed by atoms with Gasteiger partial charge in [-0.15, -0.1) is 0 Å². The number of phenols is 1. The molecule has 0 saturated carbocycles. The first-order chi connectivity index (χ1) is 9.56. The van der Waals surface area contributed by atoms with Crippen molar-refractivity contribution in [3.63, 3.8) is 0 Å². The summed E-state index contributed by atoms with van der Waals surface area (Å²) in [5, 5.41) is 9.90. The van der Waals surface area contributed by atoms with Gasteiger partial charge in [0.25, 0.3) is 5.91 Å². The van der Waals surface area contributed by atoms with Gasteiger partial charge in [0.1, 0.15) is 5.75 Å². The van der Waals surface area contributed by atoms with E-state index in [0.717, 1.165) is 19.3 Å². The molecular weight excluding hydrogens is 276 g/mol. The normalized spacial score (nSPS) is 22.9.